The van der Waals surface area contributed by atoms with E-state index in [4.69, 9.17) is 8.94 Å². The number of benzene rings is 1. The first kappa shape index (κ1) is 19.9. The highest BCUT2D eigenvalue weighted by molar-refractivity contribution is 5.77. The van der Waals surface area contributed by atoms with Gasteiger partial charge in [0.25, 0.3) is 0 Å². The Balaban J connectivity index is 1.58. The lowest BCUT2D eigenvalue weighted by molar-refractivity contribution is -0.122. The lowest BCUT2D eigenvalue weighted by Gasteiger charge is -2.22. The standard InChI is InChI=1S/C22H27N3O3/c1-21(2,3)20-23-19(25-28-20)22(4,5)24-18(26)14-12-16-11-13-17(27-16)15-9-7-6-8-10-15/h6-11,13H,12,14H2,1-5H3,(H,24,26). The van der Waals surface area contributed by atoms with Crippen molar-refractivity contribution in [3.05, 3.63) is 59.9 Å². The lowest BCUT2D eigenvalue weighted by atomic mass is 9.97. The quantitative estimate of drug-likeness (QED) is 0.674. The fourth-order valence-corrected chi connectivity index (χ4v) is 2.76. The van der Waals surface area contributed by atoms with Crippen molar-refractivity contribution in [2.45, 2.75) is 58.4 Å². The Hall–Kier alpha value is -2.89. The van der Waals surface area contributed by atoms with Gasteiger partial charge in [0.15, 0.2) is 5.82 Å². The van der Waals surface area contributed by atoms with E-state index < -0.39 is 5.54 Å². The molecular formula is C22H27N3O3. The molecule has 6 nitrogen and oxygen atoms in total. The molecule has 0 aliphatic heterocycles. The molecule has 0 saturated heterocycles. The number of aromatic nitrogens is 2. The second kappa shape index (κ2) is 7.62. The smallest absolute Gasteiger partial charge is 0.232 e. The number of hydrogen-bond acceptors (Lipinski definition) is 5. The Kier molecular flexibility index (Phi) is 5.40. The van der Waals surface area contributed by atoms with Crippen LogP contribution < -0.4 is 5.32 Å². The van der Waals surface area contributed by atoms with E-state index in [-0.39, 0.29) is 11.3 Å². The summed E-state index contributed by atoms with van der Waals surface area (Å²) in [6, 6.07) is 13.7. The van der Waals surface area contributed by atoms with Crippen molar-refractivity contribution in [3.8, 4) is 11.3 Å². The van der Waals surface area contributed by atoms with Crippen molar-refractivity contribution >= 4 is 5.91 Å². The largest absolute Gasteiger partial charge is 0.461 e. The van der Waals surface area contributed by atoms with E-state index >= 15 is 0 Å². The molecule has 2 aromatic heterocycles. The summed E-state index contributed by atoms with van der Waals surface area (Å²) in [7, 11) is 0. The first-order valence-corrected chi connectivity index (χ1v) is 9.45. The predicted molar refractivity (Wildman–Crippen MR) is 107 cm³/mol. The number of aryl methyl sites for hydroxylation is 1. The fraction of sp³-hybridized carbons (Fsp3) is 0.409. The first-order chi connectivity index (χ1) is 13.1. The number of carbonyl (C=O) groups is 1. The second-order valence-corrected chi connectivity index (χ2v) is 8.48. The van der Waals surface area contributed by atoms with Crippen LogP contribution in [0.2, 0.25) is 0 Å². The highest BCUT2D eigenvalue weighted by Gasteiger charge is 2.31. The van der Waals surface area contributed by atoms with Gasteiger partial charge in [-0.2, -0.15) is 4.98 Å². The third-order valence-corrected chi connectivity index (χ3v) is 4.40. The second-order valence-electron chi connectivity index (χ2n) is 8.48. The van der Waals surface area contributed by atoms with Crippen molar-refractivity contribution in [2.24, 2.45) is 0 Å². The van der Waals surface area contributed by atoms with E-state index in [2.05, 4.69) is 15.5 Å². The van der Waals surface area contributed by atoms with Gasteiger partial charge in [0.2, 0.25) is 11.8 Å². The number of nitrogens with one attached hydrogen (secondary N) is 1. The van der Waals surface area contributed by atoms with Gasteiger partial charge < -0.3 is 14.3 Å². The maximum atomic E-state index is 12.4. The van der Waals surface area contributed by atoms with Crippen molar-refractivity contribution in [1.29, 1.82) is 0 Å². The summed E-state index contributed by atoms with van der Waals surface area (Å²) in [5.74, 6) is 2.51. The Labute approximate surface area is 165 Å². The average molecular weight is 381 g/mol. The molecule has 0 saturated carbocycles. The van der Waals surface area contributed by atoms with Crippen molar-refractivity contribution in [2.75, 3.05) is 0 Å². The maximum absolute atomic E-state index is 12.4. The van der Waals surface area contributed by atoms with E-state index in [1.807, 2.05) is 77.1 Å². The Morgan fingerprint density at radius 3 is 2.39 bits per heavy atom. The lowest BCUT2D eigenvalue weighted by Crippen LogP contribution is -2.42. The van der Waals surface area contributed by atoms with Crippen LogP contribution in [0.25, 0.3) is 11.3 Å². The van der Waals surface area contributed by atoms with Crippen LogP contribution in [-0.2, 0) is 22.2 Å². The van der Waals surface area contributed by atoms with Gasteiger partial charge in [0.05, 0.1) is 5.54 Å². The molecular weight excluding hydrogens is 354 g/mol. The molecule has 3 rings (SSSR count). The first-order valence-electron chi connectivity index (χ1n) is 9.45. The summed E-state index contributed by atoms with van der Waals surface area (Å²) in [6.07, 6.45) is 0.837. The van der Waals surface area contributed by atoms with Crippen molar-refractivity contribution in [1.82, 2.24) is 15.5 Å². The van der Waals surface area contributed by atoms with Crippen LogP contribution in [0.1, 0.15) is 58.5 Å². The zero-order valence-electron chi connectivity index (χ0n) is 17.1. The molecule has 0 fully saturated rings. The topological polar surface area (TPSA) is 81.2 Å². The number of rotatable bonds is 6. The number of nitrogens with zero attached hydrogens (tertiary/aromatic N) is 2. The molecule has 0 aliphatic carbocycles. The summed E-state index contributed by atoms with van der Waals surface area (Å²) >= 11 is 0. The molecule has 0 atom stereocenters. The van der Waals surface area contributed by atoms with Gasteiger partial charge >= 0.3 is 0 Å². The number of furan rings is 1. The molecule has 0 radical (unpaired) electrons. The Morgan fingerprint density at radius 1 is 1.04 bits per heavy atom. The monoisotopic (exact) mass is 381 g/mol. The van der Waals surface area contributed by atoms with Gasteiger partial charge in [-0.1, -0.05) is 56.3 Å². The van der Waals surface area contributed by atoms with Gasteiger partial charge in [0, 0.05) is 23.8 Å². The minimum atomic E-state index is -0.720. The minimum absolute atomic E-state index is 0.0928. The van der Waals surface area contributed by atoms with Crippen LogP contribution in [0.3, 0.4) is 0 Å². The van der Waals surface area contributed by atoms with E-state index in [1.54, 1.807) is 0 Å². The number of carbonyl (C=O) groups excluding carboxylic acids is 1. The van der Waals surface area contributed by atoms with E-state index in [0.29, 0.717) is 24.6 Å². The van der Waals surface area contributed by atoms with Crippen LogP contribution in [0.5, 0.6) is 0 Å². The Bertz CT molecular complexity index is 933. The molecule has 1 N–H and O–H groups in total. The third-order valence-electron chi connectivity index (χ3n) is 4.40. The summed E-state index contributed by atoms with van der Waals surface area (Å²) in [6.45, 7) is 9.74. The predicted octanol–water partition coefficient (Wildman–Crippen LogP) is 4.61. The minimum Gasteiger partial charge on any atom is -0.461 e. The normalized spacial score (nSPS) is 12.2. The summed E-state index contributed by atoms with van der Waals surface area (Å²) < 4.78 is 11.2. The van der Waals surface area contributed by atoms with Crippen molar-refractivity contribution in [3.63, 3.8) is 0 Å². The van der Waals surface area contributed by atoms with E-state index in [1.165, 1.54) is 0 Å². The molecule has 148 valence electrons. The molecule has 1 aromatic carbocycles. The van der Waals surface area contributed by atoms with Gasteiger partial charge in [-0.25, -0.2) is 0 Å². The molecule has 0 unspecified atom stereocenters. The zero-order chi connectivity index (χ0) is 20.4. The zero-order valence-corrected chi connectivity index (χ0v) is 17.1. The molecule has 2 heterocycles. The molecule has 6 heteroatoms. The summed E-state index contributed by atoms with van der Waals surface area (Å²) in [5.41, 5.74) is 0.0647. The van der Waals surface area contributed by atoms with Gasteiger partial charge in [-0.05, 0) is 26.0 Å². The van der Waals surface area contributed by atoms with Crippen LogP contribution >= 0.6 is 0 Å². The van der Waals surface area contributed by atoms with Gasteiger partial charge in [-0.15, -0.1) is 0 Å². The molecule has 0 aliphatic rings. The molecule has 28 heavy (non-hydrogen) atoms. The van der Waals surface area contributed by atoms with Crippen LogP contribution in [0.15, 0.2) is 51.4 Å². The summed E-state index contributed by atoms with van der Waals surface area (Å²) in [5, 5.41) is 7.02. The van der Waals surface area contributed by atoms with Crippen LogP contribution in [0, 0.1) is 0 Å². The number of hydrogen-bond donors (Lipinski definition) is 1. The Morgan fingerprint density at radius 2 is 1.75 bits per heavy atom. The van der Waals surface area contributed by atoms with E-state index in [9.17, 15) is 4.79 Å². The fourth-order valence-electron chi connectivity index (χ4n) is 2.76. The van der Waals surface area contributed by atoms with Crippen LogP contribution in [-0.4, -0.2) is 16.0 Å². The molecule has 0 spiro atoms. The van der Waals surface area contributed by atoms with Gasteiger partial charge in [-0.3, -0.25) is 4.79 Å². The maximum Gasteiger partial charge on any atom is 0.232 e. The van der Waals surface area contributed by atoms with Crippen molar-refractivity contribution < 1.29 is 13.7 Å². The van der Waals surface area contributed by atoms with Crippen LogP contribution in [0.4, 0.5) is 0 Å². The highest BCUT2D eigenvalue weighted by Crippen LogP contribution is 2.25. The number of amides is 1. The molecule has 1 amide bonds. The third kappa shape index (κ3) is 4.68. The highest BCUT2D eigenvalue weighted by atomic mass is 16.5. The SMILES string of the molecule is CC(C)(C)c1nc(C(C)(C)NC(=O)CCc2ccc(-c3ccccc3)o2)no1. The average Bonchev–Trinajstić information content (AvgIpc) is 3.30. The van der Waals surface area contributed by atoms with E-state index in [0.717, 1.165) is 17.1 Å². The van der Waals surface area contributed by atoms with Gasteiger partial charge in [0.1, 0.15) is 11.5 Å². The molecule has 3 aromatic rings. The molecule has 0 bridgehead atoms. The summed E-state index contributed by atoms with van der Waals surface area (Å²) in [4.78, 5) is 16.9.